The normalized spacial score (nSPS) is 11.8. The van der Waals surface area contributed by atoms with E-state index in [1.165, 1.54) is 35.2 Å². The Labute approximate surface area is 263 Å². The number of aryl methyl sites for hydroxylation is 1. The van der Waals surface area contributed by atoms with Gasteiger partial charge in [-0.2, -0.15) is 0 Å². The van der Waals surface area contributed by atoms with E-state index >= 15 is 0 Å². The summed E-state index contributed by atoms with van der Waals surface area (Å²) < 4.78 is 28.9. The Balaban J connectivity index is 1.83. The Hall–Kier alpha value is -5.03. The van der Waals surface area contributed by atoms with Gasteiger partial charge in [0.15, 0.2) is 0 Å². The number of anilines is 1. The first kappa shape index (κ1) is 32.9. The molecule has 11 heteroatoms. The third-order valence-electron chi connectivity index (χ3n) is 7.36. The molecule has 2 amide bonds. The number of benzene rings is 4. The van der Waals surface area contributed by atoms with Crippen molar-refractivity contribution in [1.82, 2.24) is 10.2 Å². The third-order valence-corrected chi connectivity index (χ3v) is 9.15. The minimum absolute atomic E-state index is 0.0384. The van der Waals surface area contributed by atoms with Gasteiger partial charge in [-0.15, -0.1) is 0 Å². The number of carbonyl (C=O) groups excluding carboxylic acids is 2. The van der Waals surface area contributed by atoms with Crippen LogP contribution in [0, 0.1) is 17.0 Å². The molecule has 10 nitrogen and oxygen atoms in total. The van der Waals surface area contributed by atoms with Crippen LogP contribution in [0.5, 0.6) is 0 Å². The molecule has 0 fully saturated rings. The Morgan fingerprint density at radius 1 is 0.889 bits per heavy atom. The van der Waals surface area contributed by atoms with E-state index in [4.69, 9.17) is 0 Å². The molecule has 0 radical (unpaired) electrons. The zero-order chi connectivity index (χ0) is 32.4. The van der Waals surface area contributed by atoms with Crippen molar-refractivity contribution in [3.05, 3.63) is 136 Å². The topological polar surface area (TPSA) is 130 Å². The molecule has 4 aromatic rings. The highest BCUT2D eigenvalue weighted by Crippen LogP contribution is 2.28. The van der Waals surface area contributed by atoms with Crippen LogP contribution in [-0.2, 0) is 32.6 Å². The fourth-order valence-corrected chi connectivity index (χ4v) is 6.33. The van der Waals surface area contributed by atoms with E-state index in [1.54, 1.807) is 18.2 Å². The van der Waals surface area contributed by atoms with Crippen LogP contribution in [0.3, 0.4) is 0 Å². The maximum absolute atomic E-state index is 14.5. The molecule has 0 aliphatic carbocycles. The van der Waals surface area contributed by atoms with Crippen LogP contribution in [0.1, 0.15) is 30.0 Å². The van der Waals surface area contributed by atoms with Crippen molar-refractivity contribution >= 4 is 33.2 Å². The molecular weight excluding hydrogens is 592 g/mol. The zero-order valence-electron chi connectivity index (χ0n) is 25.2. The van der Waals surface area contributed by atoms with Crippen LogP contribution >= 0.6 is 0 Å². The molecule has 0 aromatic heterocycles. The van der Waals surface area contributed by atoms with E-state index in [-0.39, 0.29) is 35.1 Å². The molecule has 0 aliphatic rings. The molecule has 0 aliphatic heterocycles. The zero-order valence-corrected chi connectivity index (χ0v) is 26.0. The number of nitro benzene ring substituents is 1. The van der Waals surface area contributed by atoms with Crippen molar-refractivity contribution in [1.29, 1.82) is 0 Å². The summed E-state index contributed by atoms with van der Waals surface area (Å²) in [7, 11) is -4.36. The van der Waals surface area contributed by atoms with Gasteiger partial charge in [0.2, 0.25) is 11.8 Å². The smallest absolute Gasteiger partial charge is 0.271 e. The first-order valence-corrected chi connectivity index (χ1v) is 16.0. The predicted molar refractivity (Wildman–Crippen MR) is 173 cm³/mol. The lowest BCUT2D eigenvalue weighted by Gasteiger charge is -2.34. The number of nitrogens with zero attached hydrogens (tertiary/aromatic N) is 3. The van der Waals surface area contributed by atoms with E-state index in [0.717, 1.165) is 27.1 Å². The third kappa shape index (κ3) is 8.33. The molecule has 234 valence electrons. The van der Waals surface area contributed by atoms with Crippen LogP contribution in [0.15, 0.2) is 114 Å². The van der Waals surface area contributed by atoms with Gasteiger partial charge in [0.1, 0.15) is 12.6 Å². The maximum atomic E-state index is 14.5. The van der Waals surface area contributed by atoms with Crippen molar-refractivity contribution in [3.8, 4) is 0 Å². The van der Waals surface area contributed by atoms with E-state index in [9.17, 15) is 28.1 Å². The molecule has 0 bridgehead atoms. The van der Waals surface area contributed by atoms with E-state index < -0.39 is 33.4 Å². The highest BCUT2D eigenvalue weighted by Gasteiger charge is 2.35. The molecule has 0 heterocycles. The number of sulfonamides is 1. The minimum Gasteiger partial charge on any atom is -0.354 e. The standard InChI is InChI=1S/C34H36N4O6S/c1-3-21-35-34(40)32(22-27-14-6-4-7-15-27)36(24-28-16-11-10-13-26(28)2)33(39)25-37(29-17-12-18-30(23-29)38(41)42)45(43,44)31-19-8-5-9-20-31/h4-20,23,32H,3,21-22,24-25H2,1-2H3,(H,35,40)/t32-/m0/s1. The summed E-state index contributed by atoms with van der Waals surface area (Å²) in [4.78, 5) is 40.5. The van der Waals surface area contributed by atoms with Crippen LogP contribution in [0.25, 0.3) is 0 Å². The number of amides is 2. The fraction of sp³-hybridized carbons (Fsp3) is 0.235. The summed E-state index contributed by atoms with van der Waals surface area (Å²) in [6.07, 6.45) is 0.877. The number of rotatable bonds is 14. The average molecular weight is 629 g/mol. The van der Waals surface area contributed by atoms with Crippen molar-refractivity contribution in [2.24, 2.45) is 0 Å². The number of hydrogen-bond donors (Lipinski definition) is 1. The first-order chi connectivity index (χ1) is 21.6. The predicted octanol–water partition coefficient (Wildman–Crippen LogP) is 5.26. The summed E-state index contributed by atoms with van der Waals surface area (Å²) in [5.41, 5.74) is 2.14. The van der Waals surface area contributed by atoms with Crippen LogP contribution in [0.2, 0.25) is 0 Å². The Kier molecular flexibility index (Phi) is 11.0. The van der Waals surface area contributed by atoms with Crippen molar-refractivity contribution in [2.45, 2.75) is 44.2 Å². The van der Waals surface area contributed by atoms with Gasteiger partial charge < -0.3 is 10.2 Å². The molecule has 0 saturated carbocycles. The van der Waals surface area contributed by atoms with Gasteiger partial charge >= 0.3 is 0 Å². The molecule has 4 rings (SSSR count). The summed E-state index contributed by atoms with van der Waals surface area (Å²) in [6.45, 7) is 3.57. The molecule has 0 spiro atoms. The molecule has 1 N–H and O–H groups in total. The van der Waals surface area contributed by atoms with E-state index in [1.807, 2.05) is 68.4 Å². The summed E-state index contributed by atoms with van der Waals surface area (Å²) in [5.74, 6) is -1.01. The van der Waals surface area contributed by atoms with Crippen LogP contribution in [0.4, 0.5) is 11.4 Å². The molecule has 0 saturated heterocycles. The molecule has 4 aromatic carbocycles. The lowest BCUT2D eigenvalue weighted by Crippen LogP contribution is -2.53. The van der Waals surface area contributed by atoms with Crippen LogP contribution < -0.4 is 9.62 Å². The second-order valence-electron chi connectivity index (χ2n) is 10.5. The highest BCUT2D eigenvalue weighted by atomic mass is 32.2. The van der Waals surface area contributed by atoms with Gasteiger partial charge in [-0.05, 0) is 48.2 Å². The summed E-state index contributed by atoms with van der Waals surface area (Å²) in [6, 6.07) is 28.5. The lowest BCUT2D eigenvalue weighted by molar-refractivity contribution is -0.384. The second kappa shape index (κ2) is 15.1. The van der Waals surface area contributed by atoms with Gasteiger partial charge in [-0.3, -0.25) is 24.0 Å². The van der Waals surface area contributed by atoms with Gasteiger partial charge in [0.25, 0.3) is 15.7 Å². The fourth-order valence-electron chi connectivity index (χ4n) is 4.90. The Morgan fingerprint density at radius 2 is 1.53 bits per heavy atom. The second-order valence-corrected chi connectivity index (χ2v) is 12.4. The van der Waals surface area contributed by atoms with E-state index in [0.29, 0.717) is 13.0 Å². The van der Waals surface area contributed by atoms with Gasteiger partial charge in [0, 0.05) is 31.6 Å². The number of non-ortho nitro benzene ring substituents is 1. The lowest BCUT2D eigenvalue weighted by atomic mass is 10.0. The number of nitro groups is 1. The monoisotopic (exact) mass is 628 g/mol. The van der Waals surface area contributed by atoms with Gasteiger partial charge in [-0.25, -0.2) is 8.42 Å². The van der Waals surface area contributed by atoms with Gasteiger partial charge in [0.05, 0.1) is 15.5 Å². The van der Waals surface area contributed by atoms with Crippen molar-refractivity contribution < 1.29 is 22.9 Å². The largest absolute Gasteiger partial charge is 0.354 e. The first-order valence-electron chi connectivity index (χ1n) is 14.6. The minimum atomic E-state index is -4.36. The molecule has 1 atom stereocenters. The maximum Gasteiger partial charge on any atom is 0.271 e. The number of carbonyl (C=O) groups is 2. The number of nitrogens with one attached hydrogen (secondary N) is 1. The van der Waals surface area contributed by atoms with Crippen molar-refractivity contribution in [2.75, 3.05) is 17.4 Å². The van der Waals surface area contributed by atoms with Crippen LogP contribution in [-0.4, -0.2) is 49.2 Å². The van der Waals surface area contributed by atoms with E-state index in [2.05, 4.69) is 5.32 Å². The average Bonchev–Trinajstić information content (AvgIpc) is 3.05. The van der Waals surface area contributed by atoms with Crippen molar-refractivity contribution in [3.63, 3.8) is 0 Å². The highest BCUT2D eigenvalue weighted by molar-refractivity contribution is 7.92. The van der Waals surface area contributed by atoms with Gasteiger partial charge in [-0.1, -0.05) is 85.8 Å². The summed E-state index contributed by atoms with van der Waals surface area (Å²) in [5, 5.41) is 14.5. The Bertz CT molecular complexity index is 1730. The molecular formula is C34H36N4O6S. The SMILES string of the molecule is CCCNC(=O)[C@H](Cc1ccccc1)N(Cc1ccccc1C)C(=O)CN(c1cccc([N+](=O)[O-])c1)S(=O)(=O)c1ccccc1. The Morgan fingerprint density at radius 3 is 2.18 bits per heavy atom. The number of hydrogen-bond acceptors (Lipinski definition) is 6. The summed E-state index contributed by atoms with van der Waals surface area (Å²) >= 11 is 0. The molecule has 0 unspecified atom stereocenters. The molecule has 45 heavy (non-hydrogen) atoms. The quantitative estimate of drug-likeness (QED) is 0.150.